The Labute approximate surface area is 151 Å². The molecule has 1 aromatic heterocycles. The predicted octanol–water partition coefficient (Wildman–Crippen LogP) is 3.56. The van der Waals surface area contributed by atoms with Crippen molar-refractivity contribution in [3.05, 3.63) is 69.5 Å². The van der Waals surface area contributed by atoms with E-state index in [1.54, 1.807) is 12.3 Å². The maximum Gasteiger partial charge on any atom is 0.255 e. The summed E-state index contributed by atoms with van der Waals surface area (Å²) in [7, 11) is 0. The number of nitroso groups, excluding NO2 is 1. The van der Waals surface area contributed by atoms with Gasteiger partial charge in [-0.2, -0.15) is 0 Å². The van der Waals surface area contributed by atoms with Crippen LogP contribution in [0.4, 0.5) is 17.1 Å². The zero-order valence-electron chi connectivity index (χ0n) is 14.6. The number of nitrogens with one attached hydrogen (secondary N) is 1. The zero-order valence-corrected chi connectivity index (χ0v) is 14.6. The number of aromatic amines is 1. The van der Waals surface area contributed by atoms with Crippen molar-refractivity contribution in [2.75, 3.05) is 36.0 Å². The van der Waals surface area contributed by atoms with E-state index in [0.29, 0.717) is 11.1 Å². The second-order valence-corrected chi connectivity index (χ2v) is 6.59. The Balaban J connectivity index is 1.62. The van der Waals surface area contributed by atoms with Crippen LogP contribution in [-0.4, -0.2) is 31.2 Å². The van der Waals surface area contributed by atoms with Gasteiger partial charge in [-0.25, -0.2) is 0 Å². The minimum absolute atomic E-state index is 0.205. The number of H-pyrrole nitrogens is 1. The smallest absolute Gasteiger partial charge is 0.255 e. The molecule has 0 amide bonds. The lowest BCUT2D eigenvalue weighted by molar-refractivity contribution is 0.653. The first-order valence-electron chi connectivity index (χ1n) is 8.72. The van der Waals surface area contributed by atoms with Crippen LogP contribution in [-0.2, 0) is 0 Å². The first-order valence-corrected chi connectivity index (χ1v) is 8.72. The average Bonchev–Trinajstić information content (AvgIpc) is 2.68. The molecule has 4 rings (SSSR count). The van der Waals surface area contributed by atoms with Crippen molar-refractivity contribution in [3.63, 3.8) is 0 Å². The molecule has 0 spiro atoms. The van der Waals surface area contributed by atoms with Crippen LogP contribution < -0.4 is 15.4 Å². The summed E-state index contributed by atoms with van der Waals surface area (Å²) in [5.74, 6) is 0. The van der Waals surface area contributed by atoms with Gasteiger partial charge in [0.1, 0.15) is 5.69 Å². The highest BCUT2D eigenvalue weighted by molar-refractivity contribution is 5.91. The van der Waals surface area contributed by atoms with Gasteiger partial charge < -0.3 is 14.8 Å². The van der Waals surface area contributed by atoms with Crippen molar-refractivity contribution in [3.8, 4) is 0 Å². The maximum atomic E-state index is 11.9. The van der Waals surface area contributed by atoms with Gasteiger partial charge in [-0.3, -0.25) is 4.79 Å². The Kier molecular flexibility index (Phi) is 4.16. The molecule has 0 saturated carbocycles. The quantitative estimate of drug-likeness (QED) is 0.735. The van der Waals surface area contributed by atoms with Crippen molar-refractivity contribution >= 4 is 27.8 Å². The second-order valence-electron chi connectivity index (χ2n) is 6.59. The number of hydrogen-bond acceptors (Lipinski definition) is 5. The molecule has 0 aliphatic carbocycles. The largest absolute Gasteiger partial charge is 0.368 e. The number of rotatable bonds is 3. The normalized spacial score (nSPS) is 14.7. The highest BCUT2D eigenvalue weighted by Gasteiger charge is 2.21. The van der Waals surface area contributed by atoms with Gasteiger partial charge in [-0.05, 0) is 47.3 Å². The molecule has 6 nitrogen and oxygen atoms in total. The van der Waals surface area contributed by atoms with Crippen molar-refractivity contribution in [1.29, 1.82) is 0 Å². The summed E-state index contributed by atoms with van der Waals surface area (Å²) in [5.41, 5.74) is 3.43. The van der Waals surface area contributed by atoms with E-state index in [9.17, 15) is 9.70 Å². The number of pyridine rings is 1. The molecule has 1 aliphatic heterocycles. The molecule has 0 bridgehead atoms. The van der Waals surface area contributed by atoms with E-state index in [4.69, 9.17) is 0 Å². The van der Waals surface area contributed by atoms with Crippen LogP contribution in [0.3, 0.4) is 0 Å². The monoisotopic (exact) mass is 348 g/mol. The molecule has 2 heterocycles. The standard InChI is InChI=1S/C20H20N4O2/c1-14-4-2-3-5-18(14)23-8-10-24(11-9-23)19-12-15-6-7-21-20(25)16(15)13-17(19)22-26/h2-7,12-13H,8-11H2,1H3,(H,21,25). The number of hydrogen-bond donors (Lipinski definition) is 1. The molecule has 132 valence electrons. The van der Waals surface area contributed by atoms with E-state index in [0.717, 1.165) is 37.3 Å². The molecule has 3 aromatic rings. The Morgan fingerprint density at radius 1 is 0.962 bits per heavy atom. The number of para-hydroxylation sites is 1. The summed E-state index contributed by atoms with van der Waals surface area (Å²) in [6.45, 7) is 5.46. The van der Waals surface area contributed by atoms with E-state index in [2.05, 4.69) is 45.1 Å². The maximum absolute atomic E-state index is 11.9. The number of fused-ring (bicyclic) bond motifs is 1. The predicted molar refractivity (Wildman–Crippen MR) is 106 cm³/mol. The van der Waals surface area contributed by atoms with Crippen LogP contribution >= 0.6 is 0 Å². The van der Waals surface area contributed by atoms with Gasteiger partial charge in [0.25, 0.3) is 5.56 Å². The number of piperazine rings is 1. The summed E-state index contributed by atoms with van der Waals surface area (Å²) >= 11 is 0. The van der Waals surface area contributed by atoms with E-state index in [1.807, 2.05) is 18.2 Å². The topological polar surface area (TPSA) is 68.8 Å². The van der Waals surface area contributed by atoms with Crippen molar-refractivity contribution in [1.82, 2.24) is 4.98 Å². The number of aromatic nitrogens is 1. The molecule has 26 heavy (non-hydrogen) atoms. The number of benzene rings is 2. The fraction of sp³-hybridized carbons (Fsp3) is 0.250. The zero-order chi connectivity index (χ0) is 18.1. The van der Waals surface area contributed by atoms with Crippen LogP contribution in [0.1, 0.15) is 5.56 Å². The molecule has 6 heteroatoms. The first-order chi connectivity index (χ1) is 12.7. The summed E-state index contributed by atoms with van der Waals surface area (Å²) in [6.07, 6.45) is 1.62. The fourth-order valence-electron chi connectivity index (χ4n) is 3.65. The fourth-order valence-corrected chi connectivity index (χ4v) is 3.65. The third-order valence-corrected chi connectivity index (χ3v) is 5.04. The van der Waals surface area contributed by atoms with Crippen molar-refractivity contribution in [2.45, 2.75) is 6.92 Å². The Hall–Kier alpha value is -3.15. The molecular formula is C20H20N4O2. The first kappa shape index (κ1) is 16.3. The lowest BCUT2D eigenvalue weighted by Crippen LogP contribution is -2.46. The average molecular weight is 348 g/mol. The highest BCUT2D eigenvalue weighted by Crippen LogP contribution is 2.33. The Morgan fingerprint density at radius 3 is 2.35 bits per heavy atom. The summed E-state index contributed by atoms with van der Waals surface area (Å²) < 4.78 is 0. The highest BCUT2D eigenvalue weighted by atomic mass is 16.3. The molecule has 2 aromatic carbocycles. The lowest BCUT2D eigenvalue weighted by atomic mass is 10.1. The van der Waals surface area contributed by atoms with Crippen LogP contribution in [0.15, 0.2) is 58.6 Å². The van der Waals surface area contributed by atoms with Crippen LogP contribution in [0, 0.1) is 11.8 Å². The Morgan fingerprint density at radius 2 is 1.65 bits per heavy atom. The molecule has 0 atom stereocenters. The second kappa shape index (κ2) is 6.63. The van der Waals surface area contributed by atoms with Gasteiger partial charge in [0.2, 0.25) is 0 Å². The third kappa shape index (κ3) is 2.83. The van der Waals surface area contributed by atoms with E-state index >= 15 is 0 Å². The molecule has 1 aliphatic rings. The van der Waals surface area contributed by atoms with Gasteiger partial charge in [0, 0.05) is 43.4 Å². The number of aryl methyl sites for hydroxylation is 1. The van der Waals surface area contributed by atoms with Gasteiger partial charge in [-0.1, -0.05) is 18.2 Å². The minimum Gasteiger partial charge on any atom is -0.368 e. The minimum atomic E-state index is -0.205. The van der Waals surface area contributed by atoms with Gasteiger partial charge in [0.15, 0.2) is 0 Å². The molecule has 1 fully saturated rings. The summed E-state index contributed by atoms with van der Waals surface area (Å²) in [5, 5.41) is 4.48. The number of nitrogens with zero attached hydrogens (tertiary/aromatic N) is 3. The van der Waals surface area contributed by atoms with Crippen LogP contribution in [0.2, 0.25) is 0 Å². The van der Waals surface area contributed by atoms with Crippen LogP contribution in [0.25, 0.3) is 10.8 Å². The van der Waals surface area contributed by atoms with E-state index < -0.39 is 0 Å². The number of anilines is 2. The molecule has 0 radical (unpaired) electrons. The summed E-state index contributed by atoms with van der Waals surface area (Å²) in [6, 6.07) is 13.7. The van der Waals surface area contributed by atoms with Crippen molar-refractivity contribution < 1.29 is 0 Å². The van der Waals surface area contributed by atoms with E-state index in [-0.39, 0.29) is 5.56 Å². The van der Waals surface area contributed by atoms with Crippen LogP contribution in [0.5, 0.6) is 0 Å². The molecule has 1 saturated heterocycles. The SMILES string of the molecule is Cc1ccccc1N1CCN(c2cc3cc[nH]c(=O)c3cc2N=O)CC1. The van der Waals surface area contributed by atoms with E-state index in [1.165, 1.54) is 11.3 Å². The lowest BCUT2D eigenvalue weighted by Gasteiger charge is -2.38. The third-order valence-electron chi connectivity index (χ3n) is 5.04. The van der Waals surface area contributed by atoms with Gasteiger partial charge >= 0.3 is 0 Å². The van der Waals surface area contributed by atoms with Gasteiger partial charge in [-0.15, -0.1) is 4.91 Å². The van der Waals surface area contributed by atoms with Gasteiger partial charge in [0.05, 0.1) is 5.69 Å². The molecule has 0 unspecified atom stereocenters. The molecular weight excluding hydrogens is 328 g/mol. The summed E-state index contributed by atoms with van der Waals surface area (Å²) in [4.78, 5) is 30.5. The molecule has 1 N–H and O–H groups in total. The van der Waals surface area contributed by atoms with Crippen molar-refractivity contribution in [2.24, 2.45) is 5.18 Å². The Bertz CT molecular complexity index is 1020.